The van der Waals surface area contributed by atoms with Crippen molar-refractivity contribution >= 4 is 16.3 Å². The molecule has 9 nitrogen and oxygen atoms in total. The van der Waals surface area contributed by atoms with Crippen LogP contribution < -0.4 is 4.74 Å². The molecule has 1 aliphatic rings. The summed E-state index contributed by atoms with van der Waals surface area (Å²) in [6.45, 7) is -0.203. The van der Waals surface area contributed by atoms with Crippen LogP contribution in [-0.2, 0) is 16.8 Å². The fourth-order valence-electron chi connectivity index (χ4n) is 3.12. The maximum Gasteiger partial charge on any atom is 0.407 e. The van der Waals surface area contributed by atoms with E-state index < -0.39 is 35.0 Å². The van der Waals surface area contributed by atoms with Gasteiger partial charge in [-0.2, -0.15) is 17.0 Å². The minimum absolute atomic E-state index is 0.0686. The maximum absolute atomic E-state index is 12.9. The summed E-state index contributed by atoms with van der Waals surface area (Å²) in [5.74, 6) is 0.655. The molecule has 0 radical (unpaired) electrons. The van der Waals surface area contributed by atoms with Gasteiger partial charge in [-0.3, -0.25) is 0 Å². The van der Waals surface area contributed by atoms with Crippen LogP contribution >= 0.6 is 0 Å². The van der Waals surface area contributed by atoms with Crippen LogP contribution in [-0.4, -0.2) is 84.7 Å². The Bertz CT molecular complexity index is 722. The lowest BCUT2D eigenvalue weighted by Crippen LogP contribution is -2.52. The Labute approximate surface area is 153 Å². The molecule has 1 aromatic rings. The van der Waals surface area contributed by atoms with Crippen molar-refractivity contribution in [1.82, 2.24) is 13.5 Å². The number of hydrogen-bond donors (Lipinski definition) is 2. The van der Waals surface area contributed by atoms with Gasteiger partial charge in [0, 0.05) is 27.2 Å². The predicted octanol–water partition coefficient (Wildman–Crippen LogP) is 0.417. The molecule has 0 bridgehead atoms. The molecule has 2 atom stereocenters. The van der Waals surface area contributed by atoms with Crippen LogP contribution in [0.5, 0.6) is 5.75 Å². The van der Waals surface area contributed by atoms with E-state index >= 15 is 0 Å². The van der Waals surface area contributed by atoms with Crippen molar-refractivity contribution in [3.8, 4) is 5.75 Å². The molecule has 10 heteroatoms. The van der Waals surface area contributed by atoms with Crippen LogP contribution in [0, 0.1) is 0 Å². The molecule has 1 amide bonds. The van der Waals surface area contributed by atoms with Gasteiger partial charge in [0.05, 0.1) is 25.8 Å². The summed E-state index contributed by atoms with van der Waals surface area (Å²) in [4.78, 5) is 12.5. The number of aliphatic hydroxyl groups excluding tert-OH is 1. The number of nitrogens with zero attached hydrogens (tertiary/aromatic N) is 3. The molecule has 1 saturated heterocycles. The number of benzene rings is 1. The Balaban J connectivity index is 2.36. The quantitative estimate of drug-likeness (QED) is 0.701. The first-order chi connectivity index (χ1) is 12.2. The fraction of sp³-hybridized carbons (Fsp3) is 0.562. The van der Waals surface area contributed by atoms with Gasteiger partial charge in [-0.1, -0.05) is 12.1 Å². The average Bonchev–Trinajstić information content (AvgIpc) is 3.03. The highest BCUT2D eigenvalue weighted by molar-refractivity contribution is 7.86. The molecule has 146 valence electrons. The first-order valence-corrected chi connectivity index (χ1v) is 9.54. The molecule has 26 heavy (non-hydrogen) atoms. The molecule has 0 saturated carbocycles. The molecule has 0 aromatic heterocycles. The average molecular weight is 387 g/mol. The Hall–Kier alpha value is -1.88. The summed E-state index contributed by atoms with van der Waals surface area (Å²) in [7, 11) is 0.570. The lowest BCUT2D eigenvalue weighted by atomic mass is 10.1. The molecule has 1 fully saturated rings. The van der Waals surface area contributed by atoms with E-state index in [2.05, 4.69) is 0 Å². The third-order valence-electron chi connectivity index (χ3n) is 4.57. The minimum Gasteiger partial charge on any atom is -0.497 e. The Morgan fingerprint density at radius 1 is 1.31 bits per heavy atom. The van der Waals surface area contributed by atoms with E-state index in [-0.39, 0.29) is 13.1 Å². The number of aliphatic hydroxyl groups is 1. The van der Waals surface area contributed by atoms with Gasteiger partial charge < -0.3 is 19.8 Å². The van der Waals surface area contributed by atoms with Crippen LogP contribution in [0.25, 0.3) is 0 Å². The van der Waals surface area contributed by atoms with E-state index in [0.717, 1.165) is 14.8 Å². The van der Waals surface area contributed by atoms with Gasteiger partial charge in [-0.25, -0.2) is 4.79 Å². The Morgan fingerprint density at radius 3 is 2.38 bits per heavy atom. The summed E-state index contributed by atoms with van der Waals surface area (Å²) >= 11 is 0. The summed E-state index contributed by atoms with van der Waals surface area (Å²) in [5.41, 5.74) is 0.738. The molecule has 1 aromatic carbocycles. The number of ether oxygens (including phenoxy) is 1. The van der Waals surface area contributed by atoms with Crippen LogP contribution in [0.3, 0.4) is 0 Å². The first kappa shape index (κ1) is 20.4. The third-order valence-corrected chi connectivity index (χ3v) is 6.48. The maximum atomic E-state index is 12.9. The van der Waals surface area contributed by atoms with E-state index in [0.29, 0.717) is 12.2 Å². The van der Waals surface area contributed by atoms with Crippen LogP contribution in [0.4, 0.5) is 4.79 Å². The van der Waals surface area contributed by atoms with E-state index in [1.165, 1.54) is 18.4 Å². The fourth-order valence-corrected chi connectivity index (χ4v) is 4.44. The van der Waals surface area contributed by atoms with E-state index in [4.69, 9.17) is 4.74 Å². The number of carboxylic acid groups (broad SMARTS) is 1. The van der Waals surface area contributed by atoms with Crippen LogP contribution in [0.15, 0.2) is 24.3 Å². The SMILES string of the molecule is COc1ccc(CN([C@H]2CCN(C(=O)O)[C@H]2CO)S(=O)(=O)N(C)C)cc1. The summed E-state index contributed by atoms with van der Waals surface area (Å²) in [6.07, 6.45) is -0.848. The van der Waals surface area contributed by atoms with Crippen molar-refractivity contribution in [2.75, 3.05) is 34.4 Å². The molecule has 1 aliphatic heterocycles. The number of likely N-dealkylation sites (tertiary alicyclic amines) is 1. The molecule has 1 heterocycles. The van der Waals surface area contributed by atoms with Gasteiger partial charge >= 0.3 is 6.09 Å². The Morgan fingerprint density at radius 2 is 1.92 bits per heavy atom. The van der Waals surface area contributed by atoms with Crippen molar-refractivity contribution < 1.29 is 28.2 Å². The highest BCUT2D eigenvalue weighted by Crippen LogP contribution is 2.28. The van der Waals surface area contributed by atoms with Gasteiger partial charge in [0.2, 0.25) is 0 Å². The Kier molecular flexibility index (Phi) is 6.45. The zero-order chi connectivity index (χ0) is 19.5. The summed E-state index contributed by atoms with van der Waals surface area (Å²) in [5, 5.41) is 19.0. The number of methoxy groups -OCH3 is 1. The molecular weight excluding hydrogens is 362 g/mol. The topological polar surface area (TPSA) is 111 Å². The zero-order valence-electron chi connectivity index (χ0n) is 15.1. The van der Waals surface area contributed by atoms with Crippen molar-refractivity contribution in [2.45, 2.75) is 25.0 Å². The summed E-state index contributed by atoms with van der Waals surface area (Å²) in [6, 6.07) is 5.53. The van der Waals surface area contributed by atoms with Crippen molar-refractivity contribution in [2.24, 2.45) is 0 Å². The minimum atomic E-state index is -3.82. The van der Waals surface area contributed by atoms with Gasteiger partial charge in [0.15, 0.2) is 0 Å². The largest absolute Gasteiger partial charge is 0.497 e. The lowest BCUT2D eigenvalue weighted by Gasteiger charge is -2.34. The van der Waals surface area contributed by atoms with Crippen LogP contribution in [0.2, 0.25) is 0 Å². The number of hydrogen-bond acceptors (Lipinski definition) is 5. The van der Waals surface area contributed by atoms with Crippen molar-refractivity contribution in [1.29, 1.82) is 0 Å². The monoisotopic (exact) mass is 387 g/mol. The molecule has 0 spiro atoms. The predicted molar refractivity (Wildman–Crippen MR) is 95.2 cm³/mol. The van der Waals surface area contributed by atoms with E-state index in [1.807, 2.05) is 0 Å². The van der Waals surface area contributed by atoms with Crippen molar-refractivity contribution in [3.05, 3.63) is 29.8 Å². The molecule has 2 N–H and O–H groups in total. The number of carbonyl (C=O) groups is 1. The molecular formula is C16H25N3O6S. The molecule has 2 rings (SSSR count). The zero-order valence-corrected chi connectivity index (χ0v) is 15.9. The van der Waals surface area contributed by atoms with Gasteiger partial charge in [0.1, 0.15) is 5.75 Å². The van der Waals surface area contributed by atoms with Crippen molar-refractivity contribution in [3.63, 3.8) is 0 Å². The summed E-state index contributed by atoms with van der Waals surface area (Å²) < 4.78 is 33.2. The molecule has 0 aliphatic carbocycles. The smallest absolute Gasteiger partial charge is 0.407 e. The second-order valence-corrected chi connectivity index (χ2v) is 8.36. The normalized spacial score (nSPS) is 20.8. The van der Waals surface area contributed by atoms with E-state index in [9.17, 15) is 23.4 Å². The highest BCUT2D eigenvalue weighted by Gasteiger charge is 2.44. The van der Waals surface area contributed by atoms with Gasteiger partial charge in [-0.05, 0) is 24.1 Å². The first-order valence-electron chi connectivity index (χ1n) is 8.15. The second kappa shape index (κ2) is 8.21. The van der Waals surface area contributed by atoms with Crippen LogP contribution in [0.1, 0.15) is 12.0 Å². The van der Waals surface area contributed by atoms with E-state index in [1.54, 1.807) is 31.4 Å². The molecule has 0 unspecified atom stereocenters. The van der Waals surface area contributed by atoms with Gasteiger partial charge in [0.25, 0.3) is 10.2 Å². The lowest BCUT2D eigenvalue weighted by molar-refractivity contribution is 0.0997. The standard InChI is InChI=1S/C16H25N3O6S/c1-17(2)26(23,24)19(10-12-4-6-13(25-3)7-5-12)14-8-9-18(16(21)22)15(14)11-20/h4-7,14-15,20H,8-11H2,1-3H3,(H,21,22)/t14-,15-/m0/s1. The second-order valence-electron chi connectivity index (χ2n) is 6.27. The number of rotatable bonds is 7. The van der Waals surface area contributed by atoms with Gasteiger partial charge in [-0.15, -0.1) is 0 Å². The third kappa shape index (κ3) is 4.09. The number of amides is 1. The highest BCUT2D eigenvalue weighted by atomic mass is 32.2.